The minimum Gasteiger partial charge on any atom is -0.400 e. The fourth-order valence-corrected chi connectivity index (χ4v) is 3.97. The van der Waals surface area contributed by atoms with Crippen molar-refractivity contribution in [1.29, 1.82) is 0 Å². The molecule has 0 aliphatic carbocycles. The summed E-state index contributed by atoms with van der Waals surface area (Å²) in [7, 11) is 1.89. The van der Waals surface area contributed by atoms with Crippen molar-refractivity contribution in [2.45, 2.75) is 6.04 Å². The van der Waals surface area contributed by atoms with Crippen LogP contribution in [-0.4, -0.2) is 23.5 Å². The van der Waals surface area contributed by atoms with E-state index in [0.29, 0.717) is 0 Å². The Morgan fingerprint density at radius 1 is 0.750 bits per heavy atom. The fourth-order valence-electron chi connectivity index (χ4n) is 2.73. The van der Waals surface area contributed by atoms with E-state index in [-0.39, 0.29) is 0 Å². The molecule has 0 heterocycles. The van der Waals surface area contributed by atoms with Crippen LogP contribution >= 0.6 is 0 Å². The highest BCUT2D eigenvalue weighted by Gasteiger charge is 2.13. The maximum atomic E-state index is 5.46. The van der Waals surface area contributed by atoms with Crippen molar-refractivity contribution in [3.05, 3.63) is 60.2 Å². The van der Waals surface area contributed by atoms with Crippen molar-refractivity contribution in [3.8, 4) is 0 Å². The number of hydrogen-bond donors (Lipinski definition) is 0. The van der Waals surface area contributed by atoms with E-state index in [9.17, 15) is 0 Å². The molecule has 0 saturated carbocycles. The molecule has 0 aliphatic heterocycles. The van der Waals surface area contributed by atoms with E-state index in [1.165, 1.54) is 27.1 Å². The quantitative estimate of drug-likeness (QED) is 0.538. The molecular weight excluding hydrogens is 264 g/mol. The summed E-state index contributed by atoms with van der Waals surface area (Å²) in [4.78, 5) is 0. The van der Waals surface area contributed by atoms with Crippen LogP contribution in [0.1, 0.15) is 5.56 Å². The Morgan fingerprint density at radius 2 is 1.50 bits per heavy atom. The summed E-state index contributed by atoms with van der Waals surface area (Å²) in [6.07, 6.45) is 0. The second kappa shape index (κ2) is 5.75. The smallest absolute Gasteiger partial charge is 0.325 e. The third-order valence-corrected chi connectivity index (χ3v) is 5.61. The molecular formula is C17H18O2Si. The van der Waals surface area contributed by atoms with Crippen molar-refractivity contribution >= 4 is 30.8 Å². The summed E-state index contributed by atoms with van der Waals surface area (Å²) in [6, 6.07) is 20.3. The van der Waals surface area contributed by atoms with Gasteiger partial charge in [0.05, 0.1) is 0 Å². The van der Waals surface area contributed by atoms with Crippen LogP contribution in [0.5, 0.6) is 0 Å². The van der Waals surface area contributed by atoms with E-state index in [4.69, 9.17) is 8.85 Å². The molecule has 0 unspecified atom stereocenters. The van der Waals surface area contributed by atoms with Gasteiger partial charge < -0.3 is 8.85 Å². The van der Waals surface area contributed by atoms with Gasteiger partial charge in [0.1, 0.15) is 0 Å². The zero-order chi connectivity index (χ0) is 13.9. The van der Waals surface area contributed by atoms with Gasteiger partial charge in [0, 0.05) is 20.3 Å². The molecule has 0 N–H and O–H groups in total. The molecule has 3 rings (SSSR count). The predicted molar refractivity (Wildman–Crippen MR) is 86.3 cm³/mol. The van der Waals surface area contributed by atoms with Crippen LogP contribution in [0.2, 0.25) is 0 Å². The molecule has 3 aromatic rings. The van der Waals surface area contributed by atoms with E-state index >= 15 is 0 Å². The third kappa shape index (κ3) is 2.36. The maximum Gasteiger partial charge on any atom is 0.325 e. The van der Waals surface area contributed by atoms with Crippen LogP contribution in [0, 0.1) is 0 Å². The zero-order valence-electron chi connectivity index (χ0n) is 11.8. The lowest BCUT2D eigenvalue weighted by atomic mass is 9.99. The second-order valence-corrected chi connectivity index (χ2v) is 7.11. The van der Waals surface area contributed by atoms with Gasteiger partial charge in [-0.25, -0.2) is 0 Å². The normalized spacial score (nSPS) is 11.6. The first-order valence-corrected chi connectivity index (χ1v) is 8.54. The highest BCUT2D eigenvalue weighted by Crippen LogP contribution is 2.28. The van der Waals surface area contributed by atoms with Crippen molar-refractivity contribution in [2.75, 3.05) is 14.2 Å². The lowest BCUT2D eigenvalue weighted by Gasteiger charge is -2.13. The van der Waals surface area contributed by atoms with Gasteiger partial charge in [-0.2, -0.15) is 0 Å². The minimum absolute atomic E-state index is 0.892. The van der Waals surface area contributed by atoms with E-state index in [2.05, 4.69) is 54.6 Å². The van der Waals surface area contributed by atoms with Gasteiger partial charge in [-0.3, -0.25) is 0 Å². The van der Waals surface area contributed by atoms with Gasteiger partial charge in [0.15, 0.2) is 0 Å². The summed E-state index contributed by atoms with van der Waals surface area (Å²) in [6.45, 7) is 0. The highest BCUT2D eigenvalue weighted by atomic mass is 28.3. The summed E-state index contributed by atoms with van der Waals surface area (Å²) in [5.41, 5.74) is 1.31. The van der Waals surface area contributed by atoms with Gasteiger partial charge >= 0.3 is 9.28 Å². The monoisotopic (exact) mass is 282 g/mol. The van der Waals surface area contributed by atoms with Crippen LogP contribution < -0.4 is 0 Å². The molecule has 3 aromatic carbocycles. The Morgan fingerprint density at radius 3 is 2.30 bits per heavy atom. The molecule has 0 radical (unpaired) electrons. The van der Waals surface area contributed by atoms with Gasteiger partial charge in [0.25, 0.3) is 0 Å². The lowest BCUT2D eigenvalue weighted by molar-refractivity contribution is 0.277. The third-order valence-electron chi connectivity index (χ3n) is 3.79. The molecule has 0 bridgehead atoms. The lowest BCUT2D eigenvalue weighted by Crippen LogP contribution is -2.22. The first kappa shape index (κ1) is 13.3. The summed E-state index contributed by atoms with van der Waals surface area (Å²) in [5.74, 6) is 0. The van der Waals surface area contributed by atoms with Crippen molar-refractivity contribution in [3.63, 3.8) is 0 Å². The fraction of sp³-hybridized carbons (Fsp3) is 0.176. The Labute approximate surface area is 120 Å². The first-order valence-electron chi connectivity index (χ1n) is 6.78. The van der Waals surface area contributed by atoms with Gasteiger partial charge in [-0.1, -0.05) is 54.6 Å². The van der Waals surface area contributed by atoms with Crippen LogP contribution in [0.15, 0.2) is 54.6 Å². The Hall–Kier alpha value is -1.68. The molecule has 3 heteroatoms. The van der Waals surface area contributed by atoms with Crippen LogP contribution in [0.3, 0.4) is 0 Å². The largest absolute Gasteiger partial charge is 0.400 e. The molecule has 20 heavy (non-hydrogen) atoms. The van der Waals surface area contributed by atoms with Crippen molar-refractivity contribution in [2.24, 2.45) is 0 Å². The molecule has 0 saturated heterocycles. The van der Waals surface area contributed by atoms with Gasteiger partial charge in [0.2, 0.25) is 0 Å². The summed E-state index contributed by atoms with van der Waals surface area (Å²) >= 11 is 0. The Bertz CT molecular complexity index is 735. The Balaban J connectivity index is 2.17. The molecule has 0 aliphatic rings. The zero-order valence-corrected chi connectivity index (χ0v) is 13.0. The standard InChI is InChI=1S/C17H18O2Si/c1-18-20(19-2)12-14-7-5-9-17-15-8-4-3-6-13(15)10-11-16(14)17/h3-11,20H,12H2,1-2H3. The molecule has 0 aromatic heterocycles. The average Bonchev–Trinajstić information content (AvgIpc) is 2.52. The summed E-state index contributed by atoms with van der Waals surface area (Å²) in [5, 5.41) is 5.20. The molecule has 0 amide bonds. The van der Waals surface area contributed by atoms with E-state index < -0.39 is 9.28 Å². The Kier molecular flexibility index (Phi) is 3.83. The highest BCUT2D eigenvalue weighted by molar-refractivity contribution is 6.44. The van der Waals surface area contributed by atoms with Crippen LogP contribution in [0.25, 0.3) is 21.5 Å². The number of fused-ring (bicyclic) bond motifs is 3. The second-order valence-electron chi connectivity index (χ2n) is 4.90. The van der Waals surface area contributed by atoms with Crippen LogP contribution in [-0.2, 0) is 14.9 Å². The van der Waals surface area contributed by atoms with Crippen molar-refractivity contribution < 1.29 is 8.85 Å². The predicted octanol–water partition coefficient (Wildman–Crippen LogP) is 3.59. The van der Waals surface area contributed by atoms with Gasteiger partial charge in [-0.15, -0.1) is 0 Å². The minimum atomic E-state index is -1.59. The molecule has 0 atom stereocenters. The topological polar surface area (TPSA) is 18.5 Å². The average molecular weight is 282 g/mol. The molecule has 102 valence electrons. The number of hydrogen-bond acceptors (Lipinski definition) is 2. The van der Waals surface area contributed by atoms with Gasteiger partial charge in [-0.05, 0) is 27.1 Å². The van der Waals surface area contributed by atoms with E-state index in [1.54, 1.807) is 14.2 Å². The number of rotatable bonds is 4. The maximum absolute atomic E-state index is 5.46. The van der Waals surface area contributed by atoms with E-state index in [1.807, 2.05) is 0 Å². The van der Waals surface area contributed by atoms with Crippen molar-refractivity contribution in [1.82, 2.24) is 0 Å². The molecule has 0 spiro atoms. The number of benzene rings is 3. The molecule has 0 fully saturated rings. The van der Waals surface area contributed by atoms with Crippen LogP contribution in [0.4, 0.5) is 0 Å². The van der Waals surface area contributed by atoms with E-state index in [0.717, 1.165) is 6.04 Å². The summed E-state index contributed by atoms with van der Waals surface area (Å²) < 4.78 is 10.9. The first-order chi connectivity index (χ1) is 9.83. The SMILES string of the molecule is CO[SiH](Cc1cccc2c1ccc1ccccc12)OC. The molecule has 2 nitrogen and oxygen atoms in total.